The lowest BCUT2D eigenvalue weighted by Crippen LogP contribution is -2.44. The predicted molar refractivity (Wildman–Crippen MR) is 75.1 cm³/mol. The summed E-state index contributed by atoms with van der Waals surface area (Å²) in [4.78, 5) is 12.1. The van der Waals surface area contributed by atoms with E-state index in [2.05, 4.69) is 26.1 Å². The molecule has 1 amide bonds. The van der Waals surface area contributed by atoms with Gasteiger partial charge in [0.2, 0.25) is 0 Å². The van der Waals surface area contributed by atoms with Gasteiger partial charge in [-0.3, -0.25) is 4.79 Å². The van der Waals surface area contributed by atoms with E-state index in [9.17, 15) is 4.79 Å². The second-order valence-electron chi connectivity index (χ2n) is 5.34. The Labute approximate surface area is 112 Å². The summed E-state index contributed by atoms with van der Waals surface area (Å²) in [6.07, 6.45) is 0.792. The monoisotopic (exact) mass is 273 g/mol. The molecule has 0 aliphatic heterocycles. The van der Waals surface area contributed by atoms with Crippen molar-refractivity contribution in [2.24, 2.45) is 5.41 Å². The van der Waals surface area contributed by atoms with Crippen molar-refractivity contribution in [2.45, 2.75) is 40.2 Å². The Morgan fingerprint density at radius 1 is 1.47 bits per heavy atom. The molecule has 0 aliphatic rings. The van der Waals surface area contributed by atoms with Crippen LogP contribution in [0.15, 0.2) is 10.8 Å². The maximum Gasteiger partial charge on any atom is 0.252 e. The normalized spacial score (nSPS) is 13.5. The van der Waals surface area contributed by atoms with E-state index >= 15 is 0 Å². The molecule has 0 aliphatic carbocycles. The minimum atomic E-state index is 0.00814. The Balaban J connectivity index is 2.75. The molecule has 0 saturated carbocycles. The van der Waals surface area contributed by atoms with Gasteiger partial charge in [-0.25, -0.2) is 0 Å². The van der Waals surface area contributed by atoms with Crippen LogP contribution in [0.25, 0.3) is 0 Å². The van der Waals surface area contributed by atoms with Gasteiger partial charge in [-0.2, -0.15) is 11.3 Å². The van der Waals surface area contributed by atoms with Crippen LogP contribution < -0.4 is 5.32 Å². The summed E-state index contributed by atoms with van der Waals surface area (Å²) in [5, 5.41) is 6.97. The van der Waals surface area contributed by atoms with Crippen molar-refractivity contribution in [1.82, 2.24) is 5.32 Å². The third kappa shape index (κ3) is 4.00. The Kier molecular flexibility index (Phi) is 5.02. The van der Waals surface area contributed by atoms with Crippen molar-refractivity contribution in [3.05, 3.63) is 21.9 Å². The van der Waals surface area contributed by atoms with Gasteiger partial charge < -0.3 is 5.32 Å². The number of hydrogen-bond acceptors (Lipinski definition) is 2. The predicted octanol–water partition coefficient (Wildman–Crippen LogP) is 3.83. The lowest BCUT2D eigenvalue weighted by molar-refractivity contribution is 0.0900. The van der Waals surface area contributed by atoms with Crippen LogP contribution in [-0.2, 0) is 0 Å². The average molecular weight is 274 g/mol. The Morgan fingerprint density at radius 3 is 2.53 bits per heavy atom. The number of carbonyl (C=O) groups excluding carboxylic acids is 1. The average Bonchev–Trinajstić information content (AvgIpc) is 2.62. The molecule has 0 saturated heterocycles. The van der Waals surface area contributed by atoms with Crippen LogP contribution in [0.5, 0.6) is 0 Å². The first-order chi connectivity index (χ1) is 7.86. The fourth-order valence-electron chi connectivity index (χ4n) is 1.66. The largest absolute Gasteiger partial charge is 0.349 e. The van der Waals surface area contributed by atoms with Crippen molar-refractivity contribution < 1.29 is 4.79 Å². The van der Waals surface area contributed by atoms with Crippen LogP contribution in [0.3, 0.4) is 0 Å². The molecule has 0 spiro atoms. The van der Waals surface area contributed by atoms with Crippen molar-refractivity contribution in [3.8, 4) is 0 Å². The minimum absolute atomic E-state index is 0.00814. The molecule has 0 radical (unpaired) electrons. The van der Waals surface area contributed by atoms with Crippen molar-refractivity contribution in [1.29, 1.82) is 0 Å². The maximum atomic E-state index is 12.1. The molecule has 1 rings (SSSR count). The van der Waals surface area contributed by atoms with Crippen LogP contribution in [-0.4, -0.2) is 17.8 Å². The van der Waals surface area contributed by atoms with Gasteiger partial charge in [0, 0.05) is 17.3 Å². The van der Waals surface area contributed by atoms with E-state index in [4.69, 9.17) is 11.6 Å². The van der Waals surface area contributed by atoms with Gasteiger partial charge in [0.25, 0.3) is 5.91 Å². The molecule has 96 valence electrons. The standard InChI is InChI=1S/C13H20ClNOS/c1-9-7-17-8-10(9)12(16)15-11(5-6-14)13(2,3)4/h7-8,11H,5-6H2,1-4H3,(H,15,16). The van der Waals surface area contributed by atoms with Crippen LogP contribution in [0.2, 0.25) is 0 Å². The number of rotatable bonds is 4. The van der Waals surface area contributed by atoms with E-state index in [-0.39, 0.29) is 17.4 Å². The smallest absolute Gasteiger partial charge is 0.252 e. The summed E-state index contributed by atoms with van der Waals surface area (Å²) >= 11 is 7.35. The summed E-state index contributed by atoms with van der Waals surface area (Å²) in [6, 6.07) is 0.104. The van der Waals surface area contributed by atoms with E-state index in [0.29, 0.717) is 5.88 Å². The molecule has 0 fully saturated rings. The third-order valence-corrected chi connectivity index (χ3v) is 3.93. The number of hydrogen-bond donors (Lipinski definition) is 1. The van der Waals surface area contributed by atoms with E-state index in [1.807, 2.05) is 17.7 Å². The molecular weight excluding hydrogens is 254 g/mol. The number of amides is 1. The molecular formula is C13H20ClNOS. The summed E-state index contributed by atoms with van der Waals surface area (Å²) in [6.45, 7) is 8.31. The number of thiophene rings is 1. The molecule has 17 heavy (non-hydrogen) atoms. The number of aryl methyl sites for hydroxylation is 1. The highest BCUT2D eigenvalue weighted by molar-refractivity contribution is 7.08. The molecule has 1 aromatic heterocycles. The highest BCUT2D eigenvalue weighted by Crippen LogP contribution is 2.23. The van der Waals surface area contributed by atoms with Crippen LogP contribution >= 0.6 is 22.9 Å². The number of carbonyl (C=O) groups is 1. The van der Waals surface area contributed by atoms with Gasteiger partial charge in [-0.15, -0.1) is 11.6 Å². The van der Waals surface area contributed by atoms with Gasteiger partial charge in [0.1, 0.15) is 0 Å². The Bertz CT molecular complexity index is 381. The van der Waals surface area contributed by atoms with Crippen LogP contribution in [0.1, 0.15) is 43.1 Å². The molecule has 4 heteroatoms. The molecule has 1 unspecified atom stereocenters. The second-order valence-corrected chi connectivity index (χ2v) is 6.46. The molecule has 1 aromatic rings. The van der Waals surface area contributed by atoms with Gasteiger partial charge in [-0.1, -0.05) is 20.8 Å². The topological polar surface area (TPSA) is 29.1 Å². The first-order valence-electron chi connectivity index (χ1n) is 5.76. The Hall–Kier alpha value is -0.540. The van der Waals surface area contributed by atoms with Crippen molar-refractivity contribution in [3.63, 3.8) is 0 Å². The molecule has 2 nitrogen and oxygen atoms in total. The zero-order valence-electron chi connectivity index (χ0n) is 10.8. The lowest BCUT2D eigenvalue weighted by Gasteiger charge is -2.31. The summed E-state index contributed by atoms with van der Waals surface area (Å²) < 4.78 is 0. The van der Waals surface area contributed by atoms with E-state index in [1.54, 1.807) is 11.3 Å². The zero-order valence-corrected chi connectivity index (χ0v) is 12.4. The van der Waals surface area contributed by atoms with Gasteiger partial charge in [0.15, 0.2) is 0 Å². The SMILES string of the molecule is Cc1cscc1C(=O)NC(CCCl)C(C)(C)C. The summed E-state index contributed by atoms with van der Waals surface area (Å²) in [5.74, 6) is 0.568. The van der Waals surface area contributed by atoms with Crippen LogP contribution in [0.4, 0.5) is 0 Å². The van der Waals surface area contributed by atoms with Crippen molar-refractivity contribution in [2.75, 3.05) is 5.88 Å². The quantitative estimate of drug-likeness (QED) is 0.830. The maximum absolute atomic E-state index is 12.1. The molecule has 1 atom stereocenters. The van der Waals surface area contributed by atoms with E-state index in [1.165, 1.54) is 0 Å². The molecule has 1 heterocycles. The fourth-order valence-corrected chi connectivity index (χ4v) is 2.71. The summed E-state index contributed by atoms with van der Waals surface area (Å²) in [5.41, 5.74) is 1.83. The second kappa shape index (κ2) is 5.87. The van der Waals surface area contributed by atoms with E-state index in [0.717, 1.165) is 17.5 Å². The van der Waals surface area contributed by atoms with Gasteiger partial charge in [-0.05, 0) is 29.7 Å². The van der Waals surface area contributed by atoms with Gasteiger partial charge >= 0.3 is 0 Å². The molecule has 0 aromatic carbocycles. The minimum Gasteiger partial charge on any atom is -0.349 e. The van der Waals surface area contributed by atoms with E-state index < -0.39 is 0 Å². The Morgan fingerprint density at radius 2 is 2.12 bits per heavy atom. The first kappa shape index (κ1) is 14.5. The number of nitrogens with one attached hydrogen (secondary N) is 1. The third-order valence-electron chi connectivity index (χ3n) is 2.85. The van der Waals surface area contributed by atoms with Gasteiger partial charge in [0.05, 0.1) is 5.56 Å². The highest BCUT2D eigenvalue weighted by Gasteiger charge is 2.26. The fraction of sp³-hybridized carbons (Fsp3) is 0.615. The number of alkyl halides is 1. The van der Waals surface area contributed by atoms with Crippen LogP contribution in [0, 0.1) is 12.3 Å². The zero-order chi connectivity index (χ0) is 13.1. The molecule has 1 N–H and O–H groups in total. The first-order valence-corrected chi connectivity index (χ1v) is 7.23. The van der Waals surface area contributed by atoms with Crippen molar-refractivity contribution >= 4 is 28.8 Å². The summed E-state index contributed by atoms with van der Waals surface area (Å²) in [7, 11) is 0. The molecule has 0 bridgehead atoms. The highest BCUT2D eigenvalue weighted by atomic mass is 35.5. The number of halogens is 1. The lowest BCUT2D eigenvalue weighted by atomic mass is 9.85.